The van der Waals surface area contributed by atoms with Gasteiger partial charge in [0.2, 0.25) is 0 Å². The lowest BCUT2D eigenvalue weighted by molar-refractivity contribution is 0.0919. The van der Waals surface area contributed by atoms with Crippen molar-refractivity contribution >= 4 is 16.9 Å². The van der Waals surface area contributed by atoms with E-state index in [2.05, 4.69) is 5.32 Å². The van der Waals surface area contributed by atoms with Crippen LogP contribution in [0.5, 0.6) is 0 Å². The number of carbonyl (C=O) groups is 1. The minimum Gasteiger partial charge on any atom is -0.451 e. The van der Waals surface area contributed by atoms with Crippen LogP contribution in [0.4, 0.5) is 4.39 Å². The van der Waals surface area contributed by atoms with E-state index in [9.17, 15) is 14.4 Å². The second-order valence-corrected chi connectivity index (χ2v) is 4.74. The fraction of sp³-hybridized carbons (Fsp3) is 0.0588. The Kier molecular flexibility index (Phi) is 3.58. The van der Waals surface area contributed by atoms with Crippen molar-refractivity contribution in [3.63, 3.8) is 0 Å². The highest BCUT2D eigenvalue weighted by atomic mass is 19.1. The summed E-state index contributed by atoms with van der Waals surface area (Å²) >= 11 is 0. The number of amides is 1. The lowest BCUT2D eigenvalue weighted by atomic mass is 10.1. The highest BCUT2D eigenvalue weighted by Crippen LogP contribution is 2.20. The van der Waals surface area contributed by atoms with Gasteiger partial charge in [-0.25, -0.2) is 4.39 Å². The number of halogens is 1. The molecule has 1 N–H and O–H groups in total. The van der Waals surface area contributed by atoms with Crippen LogP contribution in [0.15, 0.2) is 59.0 Å². The molecule has 4 nitrogen and oxygen atoms in total. The lowest BCUT2D eigenvalue weighted by Gasteiger charge is -2.10. The molecule has 0 spiro atoms. The maximum atomic E-state index is 12.9. The standard InChI is InChI=1S/C17H11FN2O2/c18-13-7-5-11(6-8-13)14(10-19)20-17(21)16-9-12-3-1-2-4-15(12)22-16/h1-9,14H,(H,20,21)/t14-/m1/s1. The van der Waals surface area contributed by atoms with E-state index < -0.39 is 17.8 Å². The summed E-state index contributed by atoms with van der Waals surface area (Å²) in [6.07, 6.45) is 0. The zero-order valence-electron chi connectivity index (χ0n) is 11.4. The van der Waals surface area contributed by atoms with Crippen molar-refractivity contribution in [1.29, 1.82) is 5.26 Å². The normalized spacial score (nSPS) is 11.8. The molecule has 108 valence electrons. The summed E-state index contributed by atoms with van der Waals surface area (Å²) in [7, 11) is 0. The van der Waals surface area contributed by atoms with E-state index in [0.29, 0.717) is 11.1 Å². The van der Waals surface area contributed by atoms with E-state index in [1.165, 1.54) is 24.3 Å². The molecule has 0 fully saturated rings. The first-order valence-electron chi connectivity index (χ1n) is 6.62. The Morgan fingerprint density at radius 1 is 1.18 bits per heavy atom. The number of rotatable bonds is 3. The van der Waals surface area contributed by atoms with Crippen LogP contribution >= 0.6 is 0 Å². The van der Waals surface area contributed by atoms with Crippen LogP contribution in [-0.4, -0.2) is 5.91 Å². The third-order valence-electron chi connectivity index (χ3n) is 3.26. The van der Waals surface area contributed by atoms with Gasteiger partial charge in [-0.2, -0.15) is 5.26 Å². The van der Waals surface area contributed by atoms with Crippen molar-refractivity contribution in [2.45, 2.75) is 6.04 Å². The SMILES string of the molecule is N#C[C@@H](NC(=O)c1cc2ccccc2o1)c1ccc(F)cc1. The molecule has 1 heterocycles. The van der Waals surface area contributed by atoms with Gasteiger partial charge in [0.05, 0.1) is 6.07 Å². The van der Waals surface area contributed by atoms with Gasteiger partial charge >= 0.3 is 0 Å². The van der Waals surface area contributed by atoms with Crippen LogP contribution in [0, 0.1) is 17.1 Å². The lowest BCUT2D eigenvalue weighted by Crippen LogP contribution is -2.27. The predicted octanol–water partition coefficient (Wildman–Crippen LogP) is 3.57. The summed E-state index contributed by atoms with van der Waals surface area (Å²) in [5, 5.41) is 12.6. The fourth-order valence-electron chi connectivity index (χ4n) is 2.14. The molecule has 0 saturated heterocycles. The summed E-state index contributed by atoms with van der Waals surface area (Å²) in [5.41, 5.74) is 1.11. The van der Waals surface area contributed by atoms with Gasteiger partial charge in [-0.15, -0.1) is 0 Å². The molecule has 0 saturated carbocycles. The summed E-state index contributed by atoms with van der Waals surface area (Å²) in [6, 6.07) is 15.4. The van der Waals surface area contributed by atoms with Gasteiger partial charge in [-0.1, -0.05) is 30.3 Å². The maximum Gasteiger partial charge on any atom is 0.288 e. The Labute approximate surface area is 125 Å². The molecule has 0 aliphatic heterocycles. The van der Waals surface area contributed by atoms with E-state index in [-0.39, 0.29) is 5.76 Å². The molecule has 2 aromatic carbocycles. The van der Waals surface area contributed by atoms with Crippen molar-refractivity contribution < 1.29 is 13.6 Å². The fourth-order valence-corrected chi connectivity index (χ4v) is 2.14. The molecule has 1 amide bonds. The minimum absolute atomic E-state index is 0.128. The predicted molar refractivity (Wildman–Crippen MR) is 78.4 cm³/mol. The highest BCUT2D eigenvalue weighted by molar-refractivity contribution is 5.96. The van der Waals surface area contributed by atoms with Crippen molar-refractivity contribution in [2.75, 3.05) is 0 Å². The number of carbonyl (C=O) groups excluding carboxylic acids is 1. The Balaban J connectivity index is 1.82. The summed E-state index contributed by atoms with van der Waals surface area (Å²) < 4.78 is 18.4. The van der Waals surface area contributed by atoms with Gasteiger partial charge in [0.15, 0.2) is 5.76 Å². The monoisotopic (exact) mass is 294 g/mol. The van der Waals surface area contributed by atoms with Gasteiger partial charge in [0.1, 0.15) is 17.4 Å². The highest BCUT2D eigenvalue weighted by Gasteiger charge is 2.18. The molecule has 0 unspecified atom stereocenters. The number of hydrogen-bond donors (Lipinski definition) is 1. The number of fused-ring (bicyclic) bond motifs is 1. The van der Waals surface area contributed by atoms with Crippen LogP contribution in [0.2, 0.25) is 0 Å². The van der Waals surface area contributed by atoms with E-state index in [1.807, 2.05) is 24.3 Å². The van der Waals surface area contributed by atoms with Crippen LogP contribution in [0.1, 0.15) is 22.2 Å². The van der Waals surface area contributed by atoms with Crippen LogP contribution in [-0.2, 0) is 0 Å². The average molecular weight is 294 g/mol. The van der Waals surface area contributed by atoms with Gasteiger partial charge in [0, 0.05) is 5.39 Å². The topological polar surface area (TPSA) is 66.0 Å². The number of nitrogens with zero attached hydrogens (tertiary/aromatic N) is 1. The number of furan rings is 1. The first-order valence-corrected chi connectivity index (χ1v) is 6.62. The number of hydrogen-bond acceptors (Lipinski definition) is 3. The first-order chi connectivity index (χ1) is 10.7. The Morgan fingerprint density at radius 3 is 2.59 bits per heavy atom. The first kappa shape index (κ1) is 13.8. The largest absolute Gasteiger partial charge is 0.451 e. The number of nitriles is 1. The molecule has 3 rings (SSSR count). The second kappa shape index (κ2) is 5.70. The maximum absolute atomic E-state index is 12.9. The quantitative estimate of drug-likeness (QED) is 0.803. The van der Waals surface area contributed by atoms with Crippen molar-refractivity contribution in [3.05, 3.63) is 71.7 Å². The van der Waals surface area contributed by atoms with Gasteiger partial charge < -0.3 is 9.73 Å². The smallest absolute Gasteiger partial charge is 0.288 e. The zero-order valence-corrected chi connectivity index (χ0v) is 11.4. The number of nitrogens with one attached hydrogen (secondary N) is 1. The third kappa shape index (κ3) is 2.67. The van der Waals surface area contributed by atoms with E-state index in [1.54, 1.807) is 12.1 Å². The van der Waals surface area contributed by atoms with Crippen LogP contribution < -0.4 is 5.32 Å². The Hall–Kier alpha value is -3.13. The molecule has 22 heavy (non-hydrogen) atoms. The van der Waals surface area contributed by atoms with E-state index in [4.69, 9.17) is 4.42 Å². The summed E-state index contributed by atoms with van der Waals surface area (Å²) in [6.45, 7) is 0. The Morgan fingerprint density at radius 2 is 1.91 bits per heavy atom. The molecule has 3 aromatic rings. The van der Waals surface area contributed by atoms with E-state index in [0.717, 1.165) is 5.39 Å². The summed E-state index contributed by atoms with van der Waals surface area (Å²) in [5.74, 6) is -0.764. The number of para-hydroxylation sites is 1. The number of benzene rings is 2. The molecule has 0 aliphatic rings. The van der Waals surface area contributed by atoms with Gasteiger partial charge in [0.25, 0.3) is 5.91 Å². The van der Waals surface area contributed by atoms with Crippen LogP contribution in [0.25, 0.3) is 11.0 Å². The van der Waals surface area contributed by atoms with Crippen molar-refractivity contribution in [1.82, 2.24) is 5.32 Å². The van der Waals surface area contributed by atoms with Crippen molar-refractivity contribution in [3.8, 4) is 6.07 Å². The Bertz CT molecular complexity index is 829. The van der Waals surface area contributed by atoms with Crippen LogP contribution in [0.3, 0.4) is 0 Å². The van der Waals surface area contributed by atoms with E-state index >= 15 is 0 Å². The molecule has 1 aromatic heterocycles. The molecular formula is C17H11FN2O2. The average Bonchev–Trinajstić information content (AvgIpc) is 2.97. The molecular weight excluding hydrogens is 283 g/mol. The zero-order chi connectivity index (χ0) is 15.5. The van der Waals surface area contributed by atoms with Gasteiger partial charge in [-0.05, 0) is 29.8 Å². The minimum atomic E-state index is -0.874. The second-order valence-electron chi connectivity index (χ2n) is 4.74. The molecule has 5 heteroatoms. The molecule has 0 aliphatic carbocycles. The molecule has 0 bridgehead atoms. The third-order valence-corrected chi connectivity index (χ3v) is 3.26. The molecule has 1 atom stereocenters. The summed E-state index contributed by atoms with van der Waals surface area (Å²) in [4.78, 5) is 12.2. The molecule has 0 radical (unpaired) electrons. The van der Waals surface area contributed by atoms with Gasteiger partial charge in [-0.3, -0.25) is 4.79 Å². The van der Waals surface area contributed by atoms with Crippen molar-refractivity contribution in [2.24, 2.45) is 0 Å².